The number of piperidine rings is 2. The molecule has 4 rings (SSSR count). The number of nitrogens with zero attached hydrogens (tertiary/aromatic N) is 2. The molecule has 3 atom stereocenters. The lowest BCUT2D eigenvalue weighted by Crippen LogP contribution is -2.57. The highest BCUT2D eigenvalue weighted by Gasteiger charge is 2.45. The van der Waals surface area contributed by atoms with Crippen LogP contribution in [0, 0.1) is 5.92 Å². The van der Waals surface area contributed by atoms with Crippen LogP contribution in [0.1, 0.15) is 57.2 Å². The highest BCUT2D eigenvalue weighted by Crippen LogP contribution is 2.46. The Morgan fingerprint density at radius 1 is 1.07 bits per heavy atom. The van der Waals surface area contributed by atoms with Gasteiger partial charge in [0.1, 0.15) is 0 Å². The Hall–Kier alpha value is -1.02. The summed E-state index contributed by atoms with van der Waals surface area (Å²) in [5.41, 5.74) is 2.61. The third kappa shape index (κ3) is 4.31. The van der Waals surface area contributed by atoms with Crippen LogP contribution in [0.2, 0.25) is 0 Å². The van der Waals surface area contributed by atoms with Gasteiger partial charge in [-0.25, -0.2) is 8.42 Å². The lowest BCUT2D eigenvalue weighted by molar-refractivity contribution is 0.0219. The molecule has 2 saturated heterocycles. The number of ether oxygens (including phenoxy) is 2. The Morgan fingerprint density at radius 2 is 1.77 bits per heavy atom. The zero-order valence-electron chi connectivity index (χ0n) is 18.3. The van der Waals surface area contributed by atoms with Gasteiger partial charge in [-0.1, -0.05) is 0 Å². The molecular formula is C22H35ClN2O4S. The maximum Gasteiger partial charge on any atom is 0.214 e. The molecule has 0 radical (unpaired) electrons. The average Bonchev–Trinajstić information content (AvgIpc) is 2.72. The van der Waals surface area contributed by atoms with Crippen molar-refractivity contribution in [2.24, 2.45) is 5.92 Å². The molecule has 1 aromatic carbocycles. The Bertz CT molecular complexity index is 848. The Balaban J connectivity index is 0.00000256. The van der Waals surface area contributed by atoms with Crippen molar-refractivity contribution in [1.29, 1.82) is 0 Å². The van der Waals surface area contributed by atoms with Crippen LogP contribution in [0.25, 0.3) is 0 Å². The van der Waals surface area contributed by atoms with Crippen LogP contribution in [0.5, 0.6) is 11.5 Å². The van der Waals surface area contributed by atoms with Crippen LogP contribution in [0.15, 0.2) is 12.1 Å². The summed E-state index contributed by atoms with van der Waals surface area (Å²) in [6, 6.07) is 4.67. The van der Waals surface area contributed by atoms with Gasteiger partial charge in [0.05, 0.1) is 19.0 Å². The summed E-state index contributed by atoms with van der Waals surface area (Å²) in [7, 11) is -3.17. The van der Waals surface area contributed by atoms with E-state index in [1.807, 2.05) is 18.2 Å². The fraction of sp³-hybridized carbons (Fsp3) is 0.727. The van der Waals surface area contributed by atoms with Gasteiger partial charge < -0.3 is 9.47 Å². The zero-order chi connectivity index (χ0) is 20.6. The van der Waals surface area contributed by atoms with Gasteiger partial charge in [0.25, 0.3) is 0 Å². The first-order valence-corrected chi connectivity index (χ1v) is 12.7. The highest BCUT2D eigenvalue weighted by molar-refractivity contribution is 7.89. The molecule has 0 aromatic heterocycles. The first-order chi connectivity index (χ1) is 14.0. The molecule has 0 unspecified atom stereocenters. The minimum Gasteiger partial charge on any atom is -0.490 e. The number of halogens is 1. The summed E-state index contributed by atoms with van der Waals surface area (Å²) in [4.78, 5) is 2.57. The van der Waals surface area contributed by atoms with Crippen molar-refractivity contribution in [2.75, 3.05) is 38.6 Å². The van der Waals surface area contributed by atoms with Crippen molar-refractivity contribution >= 4 is 22.4 Å². The number of hydrogen-bond acceptors (Lipinski definition) is 5. The highest BCUT2D eigenvalue weighted by atomic mass is 35.5. The lowest BCUT2D eigenvalue weighted by atomic mass is 9.77. The predicted molar refractivity (Wildman–Crippen MR) is 121 cm³/mol. The van der Waals surface area contributed by atoms with Crippen molar-refractivity contribution in [2.45, 2.75) is 58.5 Å². The summed E-state index contributed by atoms with van der Waals surface area (Å²) >= 11 is 0. The minimum atomic E-state index is -3.17. The lowest BCUT2D eigenvalue weighted by Gasteiger charge is -2.51. The summed E-state index contributed by atoms with van der Waals surface area (Å²) in [5, 5.41) is 0. The van der Waals surface area contributed by atoms with Crippen LogP contribution >= 0.6 is 12.4 Å². The van der Waals surface area contributed by atoms with Crippen molar-refractivity contribution in [3.05, 3.63) is 23.3 Å². The topological polar surface area (TPSA) is 59.1 Å². The van der Waals surface area contributed by atoms with Crippen LogP contribution in [-0.2, 0) is 16.4 Å². The van der Waals surface area contributed by atoms with E-state index in [0.717, 1.165) is 50.3 Å². The average molecular weight is 459 g/mol. The van der Waals surface area contributed by atoms with E-state index in [2.05, 4.69) is 17.0 Å². The van der Waals surface area contributed by atoms with Crippen LogP contribution in [-0.4, -0.2) is 62.3 Å². The van der Waals surface area contributed by atoms with E-state index in [-0.39, 0.29) is 30.2 Å². The Labute approximate surface area is 187 Å². The van der Waals surface area contributed by atoms with Gasteiger partial charge in [-0.2, -0.15) is 4.31 Å². The SMILES string of the molecule is CCOc1cc2c(cc1OCC)[C@H]1C[C@H]3[C@H](CCCN3S(=O)(=O)CC)CN1CC2.Cl. The van der Waals surface area contributed by atoms with E-state index < -0.39 is 10.0 Å². The molecule has 0 aliphatic carbocycles. The normalized spacial score (nSPS) is 26.7. The van der Waals surface area contributed by atoms with Crippen LogP contribution in [0.3, 0.4) is 0 Å². The second-order valence-corrected chi connectivity index (χ2v) is 10.6. The molecular weight excluding hydrogens is 424 g/mol. The van der Waals surface area contributed by atoms with Crippen LogP contribution in [0.4, 0.5) is 0 Å². The van der Waals surface area contributed by atoms with Crippen molar-refractivity contribution in [3.63, 3.8) is 0 Å². The second kappa shape index (κ2) is 9.63. The fourth-order valence-corrected chi connectivity index (χ4v) is 6.87. The standard InChI is InChI=1S/C22H34N2O4S.ClH/c1-4-27-21-12-16-9-11-23-15-17-8-7-10-24(29(25,26)6-3)19(17)14-20(23)18(16)13-22(21)28-5-2;/h12-13,17,19-20H,4-11,14-15H2,1-3H3;1H/t17-,19+,20-;/m1./s1. The number of fused-ring (bicyclic) bond motifs is 4. The molecule has 30 heavy (non-hydrogen) atoms. The van der Waals surface area contributed by atoms with Gasteiger partial charge in [-0.15, -0.1) is 12.4 Å². The molecule has 3 heterocycles. The molecule has 0 spiro atoms. The second-order valence-electron chi connectivity index (χ2n) is 8.34. The van der Waals surface area contributed by atoms with E-state index in [9.17, 15) is 8.42 Å². The van der Waals surface area contributed by atoms with Gasteiger partial charge in [-0.05, 0) is 75.6 Å². The minimum absolute atomic E-state index is 0. The van der Waals surface area contributed by atoms with Crippen molar-refractivity contribution in [3.8, 4) is 11.5 Å². The largest absolute Gasteiger partial charge is 0.490 e. The van der Waals surface area contributed by atoms with E-state index in [4.69, 9.17) is 9.47 Å². The molecule has 0 saturated carbocycles. The summed E-state index contributed by atoms with van der Waals surface area (Å²) in [6.07, 6.45) is 3.98. The van der Waals surface area contributed by atoms with Gasteiger partial charge in [0, 0.05) is 31.7 Å². The van der Waals surface area contributed by atoms with Crippen LogP contribution < -0.4 is 9.47 Å². The predicted octanol–water partition coefficient (Wildman–Crippen LogP) is 3.64. The third-order valence-corrected chi connectivity index (χ3v) is 8.69. The fourth-order valence-electron chi connectivity index (χ4n) is 5.46. The zero-order valence-corrected chi connectivity index (χ0v) is 19.9. The smallest absolute Gasteiger partial charge is 0.214 e. The molecule has 170 valence electrons. The third-order valence-electron chi connectivity index (χ3n) is 6.80. The first-order valence-electron chi connectivity index (χ1n) is 11.1. The van der Waals surface area contributed by atoms with Gasteiger partial charge in [0.15, 0.2) is 11.5 Å². The summed E-state index contributed by atoms with van der Waals surface area (Å²) in [5.74, 6) is 2.26. The van der Waals surface area contributed by atoms with E-state index in [0.29, 0.717) is 25.7 Å². The Kier molecular flexibility index (Phi) is 7.59. The molecule has 3 aliphatic rings. The maximum atomic E-state index is 12.7. The number of rotatable bonds is 6. The molecule has 0 amide bonds. The Morgan fingerprint density at radius 3 is 2.43 bits per heavy atom. The number of hydrogen-bond donors (Lipinski definition) is 0. The van der Waals surface area contributed by atoms with E-state index in [1.165, 1.54) is 11.1 Å². The molecule has 2 fully saturated rings. The molecule has 0 bridgehead atoms. The molecule has 1 aromatic rings. The van der Waals surface area contributed by atoms with Gasteiger partial charge in [0.2, 0.25) is 10.0 Å². The maximum absolute atomic E-state index is 12.7. The number of benzene rings is 1. The van der Waals surface area contributed by atoms with Crippen molar-refractivity contribution < 1.29 is 17.9 Å². The molecule has 6 nitrogen and oxygen atoms in total. The van der Waals surface area contributed by atoms with E-state index >= 15 is 0 Å². The summed E-state index contributed by atoms with van der Waals surface area (Å²) in [6.45, 7) is 9.63. The summed E-state index contributed by atoms with van der Waals surface area (Å²) < 4.78 is 39.0. The van der Waals surface area contributed by atoms with Gasteiger partial charge in [-0.3, -0.25) is 4.90 Å². The monoisotopic (exact) mass is 458 g/mol. The van der Waals surface area contributed by atoms with Crippen molar-refractivity contribution in [1.82, 2.24) is 9.21 Å². The molecule has 8 heteroatoms. The molecule has 0 N–H and O–H groups in total. The molecule has 3 aliphatic heterocycles. The van der Waals surface area contributed by atoms with Gasteiger partial charge >= 0.3 is 0 Å². The first kappa shape index (κ1) is 23.6. The number of sulfonamides is 1. The quantitative estimate of drug-likeness (QED) is 0.651. The van der Waals surface area contributed by atoms with E-state index in [1.54, 1.807) is 6.92 Å².